The number of nitrogens with zero attached hydrogens (tertiary/aromatic N) is 3. The van der Waals surface area contributed by atoms with E-state index in [-0.39, 0.29) is 0 Å². The number of anilines is 4. The largest absolute Gasteiger partial charge is 0.376 e. The number of benzene rings is 2. The minimum absolute atomic E-state index is 0.317. The van der Waals surface area contributed by atoms with Crippen LogP contribution >= 0.6 is 0 Å². The molecule has 140 valence electrons. The van der Waals surface area contributed by atoms with E-state index in [0.717, 1.165) is 11.8 Å². The molecule has 1 aromatic heterocycles. The zero-order valence-electron chi connectivity index (χ0n) is 14.7. The maximum atomic E-state index is 13.7. The Labute approximate surface area is 156 Å². The lowest BCUT2D eigenvalue weighted by molar-refractivity contribution is 0.570. The Balaban J connectivity index is 1.74. The fourth-order valence-corrected chi connectivity index (χ4v) is 3.44. The molecule has 0 spiro atoms. The zero-order valence-corrected chi connectivity index (χ0v) is 15.5. The van der Waals surface area contributed by atoms with Crippen LogP contribution in [0.2, 0.25) is 0 Å². The summed E-state index contributed by atoms with van der Waals surface area (Å²) in [5.41, 5.74) is 1.91. The van der Waals surface area contributed by atoms with Crippen LogP contribution in [-0.2, 0) is 10.0 Å². The molecule has 9 heteroatoms. The Hall–Kier alpha value is -3.20. The third-order valence-corrected chi connectivity index (χ3v) is 5.11. The Kier molecular flexibility index (Phi) is 5.22. The second-order valence-corrected chi connectivity index (χ2v) is 7.58. The van der Waals surface area contributed by atoms with Crippen molar-refractivity contribution in [3.63, 3.8) is 0 Å². The maximum absolute atomic E-state index is 13.7. The molecule has 0 aliphatic heterocycles. The lowest BCUT2D eigenvalue weighted by atomic mass is 10.3. The minimum atomic E-state index is -4.00. The van der Waals surface area contributed by atoms with Crippen LogP contribution in [0.3, 0.4) is 0 Å². The van der Waals surface area contributed by atoms with Gasteiger partial charge in [0.25, 0.3) is 10.0 Å². The van der Waals surface area contributed by atoms with Crippen LogP contribution < -0.4 is 14.9 Å². The van der Waals surface area contributed by atoms with Crippen LogP contribution in [-0.4, -0.2) is 32.7 Å². The second-order valence-electron chi connectivity index (χ2n) is 5.93. The first-order chi connectivity index (χ1) is 12.8. The second kappa shape index (κ2) is 7.58. The molecule has 7 nitrogen and oxygen atoms in total. The van der Waals surface area contributed by atoms with E-state index >= 15 is 0 Å². The highest BCUT2D eigenvalue weighted by Gasteiger charge is 2.18. The third-order valence-electron chi connectivity index (χ3n) is 3.69. The van der Waals surface area contributed by atoms with Gasteiger partial charge in [-0.05, 0) is 36.4 Å². The zero-order chi connectivity index (χ0) is 19.4. The van der Waals surface area contributed by atoms with E-state index in [2.05, 4.69) is 20.2 Å². The SMILES string of the molecule is CN(C)c1cnnc(Nc2ccc(NS(=O)(=O)c3ccccc3F)cc2)c1. The number of aromatic nitrogens is 2. The predicted octanol–water partition coefficient (Wildman–Crippen LogP) is 3.23. The van der Waals surface area contributed by atoms with Gasteiger partial charge >= 0.3 is 0 Å². The van der Waals surface area contributed by atoms with Gasteiger partial charge in [-0.25, -0.2) is 12.8 Å². The lowest BCUT2D eigenvalue weighted by Gasteiger charge is -2.13. The average molecular weight is 387 g/mol. The highest BCUT2D eigenvalue weighted by Crippen LogP contribution is 2.22. The topological polar surface area (TPSA) is 87.2 Å². The van der Waals surface area contributed by atoms with Gasteiger partial charge in [-0.15, -0.1) is 5.10 Å². The highest BCUT2D eigenvalue weighted by molar-refractivity contribution is 7.92. The Morgan fingerprint density at radius 1 is 1.00 bits per heavy atom. The molecule has 0 fully saturated rings. The summed E-state index contributed by atoms with van der Waals surface area (Å²) < 4.78 is 40.7. The monoisotopic (exact) mass is 387 g/mol. The van der Waals surface area contributed by atoms with Gasteiger partial charge in [-0.1, -0.05) is 12.1 Å². The van der Waals surface area contributed by atoms with Gasteiger partial charge < -0.3 is 10.2 Å². The molecule has 0 saturated heterocycles. The van der Waals surface area contributed by atoms with Crippen molar-refractivity contribution in [2.75, 3.05) is 29.0 Å². The van der Waals surface area contributed by atoms with Crippen molar-refractivity contribution in [2.45, 2.75) is 4.90 Å². The summed E-state index contributed by atoms with van der Waals surface area (Å²) in [6, 6.07) is 13.6. The van der Waals surface area contributed by atoms with E-state index in [9.17, 15) is 12.8 Å². The molecule has 3 aromatic rings. The van der Waals surface area contributed by atoms with Crippen LogP contribution in [0.25, 0.3) is 0 Å². The number of hydrogen-bond acceptors (Lipinski definition) is 6. The Morgan fingerprint density at radius 2 is 1.67 bits per heavy atom. The van der Waals surface area contributed by atoms with Gasteiger partial charge in [0.2, 0.25) is 0 Å². The molecule has 3 rings (SSSR count). The molecule has 1 heterocycles. The molecule has 27 heavy (non-hydrogen) atoms. The molecule has 0 atom stereocenters. The van der Waals surface area contributed by atoms with Crippen molar-refractivity contribution in [1.82, 2.24) is 10.2 Å². The van der Waals surface area contributed by atoms with Gasteiger partial charge in [0, 0.05) is 31.5 Å². The van der Waals surface area contributed by atoms with Gasteiger partial charge in [-0.2, -0.15) is 5.10 Å². The first-order valence-electron chi connectivity index (χ1n) is 8.00. The van der Waals surface area contributed by atoms with Crippen LogP contribution in [0, 0.1) is 5.82 Å². The van der Waals surface area contributed by atoms with Gasteiger partial charge in [0.15, 0.2) is 5.82 Å². The summed E-state index contributed by atoms with van der Waals surface area (Å²) in [5.74, 6) is -0.247. The molecule has 0 unspecified atom stereocenters. The molecular weight excluding hydrogens is 369 g/mol. The number of nitrogens with one attached hydrogen (secondary N) is 2. The van der Waals surface area contributed by atoms with E-state index in [1.165, 1.54) is 18.2 Å². The van der Waals surface area contributed by atoms with E-state index < -0.39 is 20.7 Å². The number of rotatable bonds is 6. The predicted molar refractivity (Wildman–Crippen MR) is 103 cm³/mol. The molecule has 0 aliphatic rings. The van der Waals surface area contributed by atoms with Crippen LogP contribution in [0.4, 0.5) is 27.3 Å². The number of sulfonamides is 1. The third kappa shape index (κ3) is 4.50. The van der Waals surface area contributed by atoms with Crippen molar-refractivity contribution in [3.8, 4) is 0 Å². The van der Waals surface area contributed by atoms with E-state index in [4.69, 9.17) is 0 Å². The molecule has 0 amide bonds. The van der Waals surface area contributed by atoms with E-state index in [1.54, 1.807) is 30.5 Å². The highest BCUT2D eigenvalue weighted by atomic mass is 32.2. The summed E-state index contributed by atoms with van der Waals surface area (Å²) in [6.45, 7) is 0. The van der Waals surface area contributed by atoms with Crippen molar-refractivity contribution in [3.05, 3.63) is 66.6 Å². The summed E-state index contributed by atoms with van der Waals surface area (Å²) >= 11 is 0. The minimum Gasteiger partial charge on any atom is -0.376 e. The summed E-state index contributed by atoms with van der Waals surface area (Å²) in [7, 11) is -0.204. The first kappa shape index (κ1) is 18.6. The summed E-state index contributed by atoms with van der Waals surface area (Å²) in [4.78, 5) is 1.50. The average Bonchev–Trinajstić information content (AvgIpc) is 2.63. The fourth-order valence-electron chi connectivity index (χ4n) is 2.30. The normalized spacial score (nSPS) is 11.1. The van der Waals surface area contributed by atoms with E-state index in [1.807, 2.05) is 25.1 Å². The number of halogens is 1. The quantitative estimate of drug-likeness (QED) is 0.675. The van der Waals surface area contributed by atoms with Gasteiger partial charge in [-0.3, -0.25) is 4.72 Å². The molecule has 0 saturated carbocycles. The van der Waals surface area contributed by atoms with Crippen LogP contribution in [0.15, 0.2) is 65.7 Å². The summed E-state index contributed by atoms with van der Waals surface area (Å²) in [6.07, 6.45) is 1.64. The molecule has 0 radical (unpaired) electrons. The maximum Gasteiger partial charge on any atom is 0.264 e. The first-order valence-corrected chi connectivity index (χ1v) is 9.48. The number of hydrogen-bond donors (Lipinski definition) is 2. The van der Waals surface area contributed by atoms with Crippen molar-refractivity contribution in [1.29, 1.82) is 0 Å². The van der Waals surface area contributed by atoms with Crippen molar-refractivity contribution in [2.24, 2.45) is 0 Å². The van der Waals surface area contributed by atoms with Crippen molar-refractivity contribution >= 4 is 32.9 Å². The van der Waals surface area contributed by atoms with Gasteiger partial charge in [0.05, 0.1) is 11.9 Å². The Morgan fingerprint density at radius 3 is 2.33 bits per heavy atom. The molecule has 0 aliphatic carbocycles. The van der Waals surface area contributed by atoms with Crippen molar-refractivity contribution < 1.29 is 12.8 Å². The smallest absolute Gasteiger partial charge is 0.264 e. The van der Waals surface area contributed by atoms with E-state index in [0.29, 0.717) is 17.2 Å². The standard InChI is InChI=1S/C18H18FN5O2S/c1-24(2)15-11-18(22-20-12-15)21-13-7-9-14(10-8-13)23-27(25,26)17-6-4-3-5-16(17)19/h3-12,23H,1-2H3,(H,21,22). The molecule has 2 N–H and O–H groups in total. The molecule has 2 aromatic carbocycles. The molecular formula is C18H18FN5O2S. The van der Waals surface area contributed by atoms with Gasteiger partial charge in [0.1, 0.15) is 10.7 Å². The lowest BCUT2D eigenvalue weighted by Crippen LogP contribution is -2.14. The molecule has 0 bridgehead atoms. The van der Waals surface area contributed by atoms with Crippen LogP contribution in [0.5, 0.6) is 0 Å². The Bertz CT molecular complexity index is 1040. The summed E-state index contributed by atoms with van der Waals surface area (Å²) in [5, 5.41) is 11.0. The van der Waals surface area contributed by atoms with Crippen LogP contribution in [0.1, 0.15) is 0 Å². The fraction of sp³-hybridized carbons (Fsp3) is 0.111.